The van der Waals surface area contributed by atoms with E-state index in [4.69, 9.17) is 9.47 Å². The molecule has 1 heterocycles. The number of hydrogen-bond donors (Lipinski definition) is 1. The highest BCUT2D eigenvalue weighted by Gasteiger charge is 2.49. The maximum Gasteiger partial charge on any atom is 0.163 e. The molecule has 1 aromatic carbocycles. The van der Waals surface area contributed by atoms with Crippen molar-refractivity contribution >= 4 is 5.78 Å². The molecular formula is C21H27FO4. The molecule has 3 rings (SSSR count). The Morgan fingerprint density at radius 2 is 2.23 bits per heavy atom. The molecule has 0 radical (unpaired) electrons. The fraction of sp³-hybridized carbons (Fsp3) is 0.571. The van der Waals surface area contributed by atoms with Crippen LogP contribution in [0.3, 0.4) is 0 Å². The molecule has 1 N–H and O–H groups in total. The van der Waals surface area contributed by atoms with Crippen molar-refractivity contribution in [3.05, 3.63) is 35.2 Å². The Kier molecular flexibility index (Phi) is 5.37. The molecule has 3 atom stereocenters. The standard InChI is InChI=1S/C21H27FO4/c1-4-5-14-12-21(16(6-7-26-21)10-18(14)23)13(2)8-15-9-19(24)20(25-3)11-17(15)22/h9-11,13-14,24H,4-8,12H2,1-3H3/t13?,14-,21+/m1/s1. The fourth-order valence-electron chi connectivity index (χ4n) is 4.44. The van der Waals surface area contributed by atoms with E-state index in [1.807, 2.05) is 6.92 Å². The molecule has 0 spiro atoms. The number of phenolic OH excluding ortho intramolecular Hbond substituents is 1. The summed E-state index contributed by atoms with van der Waals surface area (Å²) in [6.45, 7) is 4.71. The zero-order valence-corrected chi connectivity index (χ0v) is 15.7. The van der Waals surface area contributed by atoms with Gasteiger partial charge in [0.2, 0.25) is 0 Å². The van der Waals surface area contributed by atoms with Gasteiger partial charge in [0.05, 0.1) is 19.3 Å². The summed E-state index contributed by atoms with van der Waals surface area (Å²) >= 11 is 0. The lowest BCUT2D eigenvalue weighted by Gasteiger charge is -2.41. The maximum atomic E-state index is 14.4. The Bertz CT molecular complexity index is 727. The van der Waals surface area contributed by atoms with Crippen molar-refractivity contribution in [1.29, 1.82) is 0 Å². The molecule has 5 heteroatoms. The Morgan fingerprint density at radius 1 is 1.46 bits per heavy atom. The summed E-state index contributed by atoms with van der Waals surface area (Å²) in [6, 6.07) is 2.64. The molecule has 1 aliphatic carbocycles. The van der Waals surface area contributed by atoms with Gasteiger partial charge in [0.1, 0.15) is 5.82 Å². The van der Waals surface area contributed by atoms with Gasteiger partial charge in [0.15, 0.2) is 17.3 Å². The predicted octanol–water partition coefficient (Wildman–Crippen LogP) is 4.19. The molecule has 1 fully saturated rings. The SMILES string of the molecule is CCC[C@@H]1C[C@@]2(C(C)Cc3cc(O)c(OC)cc3F)OCCC2=CC1=O. The summed E-state index contributed by atoms with van der Waals surface area (Å²) in [6.07, 6.45) is 5.41. The lowest BCUT2D eigenvalue weighted by atomic mass is 9.68. The molecule has 0 bridgehead atoms. The van der Waals surface area contributed by atoms with E-state index in [1.165, 1.54) is 19.2 Å². The first-order chi connectivity index (χ1) is 12.4. The van der Waals surface area contributed by atoms with Crippen LogP contribution in [0.4, 0.5) is 4.39 Å². The van der Waals surface area contributed by atoms with Crippen molar-refractivity contribution in [2.45, 2.75) is 51.6 Å². The third-order valence-electron chi connectivity index (χ3n) is 5.85. The quantitative estimate of drug-likeness (QED) is 0.824. The fourth-order valence-corrected chi connectivity index (χ4v) is 4.44. The van der Waals surface area contributed by atoms with Crippen LogP contribution < -0.4 is 4.74 Å². The number of carbonyl (C=O) groups excluding carboxylic acids is 1. The summed E-state index contributed by atoms with van der Waals surface area (Å²) in [5.41, 5.74) is 0.972. The van der Waals surface area contributed by atoms with Gasteiger partial charge in [-0.25, -0.2) is 4.39 Å². The van der Waals surface area contributed by atoms with Gasteiger partial charge in [-0.3, -0.25) is 4.79 Å². The molecule has 1 aromatic rings. The zero-order chi connectivity index (χ0) is 18.9. The number of fused-ring (bicyclic) bond motifs is 1. The van der Waals surface area contributed by atoms with Crippen LogP contribution in [-0.2, 0) is 16.0 Å². The molecule has 0 saturated carbocycles. The molecule has 1 aliphatic heterocycles. The minimum atomic E-state index is -0.504. The first-order valence-corrected chi connectivity index (χ1v) is 9.35. The van der Waals surface area contributed by atoms with Crippen molar-refractivity contribution in [3.63, 3.8) is 0 Å². The lowest BCUT2D eigenvalue weighted by Crippen LogP contribution is -2.44. The smallest absolute Gasteiger partial charge is 0.163 e. The topological polar surface area (TPSA) is 55.8 Å². The number of halogens is 1. The van der Waals surface area contributed by atoms with Gasteiger partial charge >= 0.3 is 0 Å². The van der Waals surface area contributed by atoms with E-state index in [1.54, 1.807) is 6.08 Å². The highest BCUT2D eigenvalue weighted by atomic mass is 19.1. The van der Waals surface area contributed by atoms with Crippen LogP contribution in [-0.4, -0.2) is 30.2 Å². The Morgan fingerprint density at radius 3 is 2.92 bits per heavy atom. The number of benzene rings is 1. The van der Waals surface area contributed by atoms with E-state index in [9.17, 15) is 14.3 Å². The maximum absolute atomic E-state index is 14.4. The van der Waals surface area contributed by atoms with Crippen LogP contribution in [0.2, 0.25) is 0 Å². The van der Waals surface area contributed by atoms with Crippen LogP contribution in [0.5, 0.6) is 11.5 Å². The number of hydrogen-bond acceptors (Lipinski definition) is 4. The van der Waals surface area contributed by atoms with Crippen LogP contribution in [0.25, 0.3) is 0 Å². The number of rotatable bonds is 6. The van der Waals surface area contributed by atoms with E-state index >= 15 is 0 Å². The Labute approximate surface area is 154 Å². The highest BCUT2D eigenvalue weighted by Crippen LogP contribution is 2.48. The molecule has 142 valence electrons. The van der Waals surface area contributed by atoms with Crippen molar-refractivity contribution in [1.82, 2.24) is 0 Å². The van der Waals surface area contributed by atoms with Gasteiger partial charge in [-0.05, 0) is 54.9 Å². The van der Waals surface area contributed by atoms with E-state index in [2.05, 4.69) is 6.92 Å². The first-order valence-electron chi connectivity index (χ1n) is 9.35. The van der Waals surface area contributed by atoms with Gasteiger partial charge in [-0.2, -0.15) is 0 Å². The number of ether oxygens (including phenoxy) is 2. The summed E-state index contributed by atoms with van der Waals surface area (Å²) in [7, 11) is 1.39. The average molecular weight is 362 g/mol. The van der Waals surface area contributed by atoms with E-state index < -0.39 is 11.4 Å². The van der Waals surface area contributed by atoms with Crippen LogP contribution in [0.1, 0.15) is 45.1 Å². The first kappa shape index (κ1) is 18.9. The lowest BCUT2D eigenvalue weighted by molar-refractivity contribution is -0.123. The minimum absolute atomic E-state index is 0.00833. The average Bonchev–Trinajstić information content (AvgIpc) is 3.02. The van der Waals surface area contributed by atoms with Crippen molar-refractivity contribution in [2.75, 3.05) is 13.7 Å². The third kappa shape index (κ3) is 3.25. The second-order valence-corrected chi connectivity index (χ2v) is 7.47. The molecule has 4 nitrogen and oxygen atoms in total. The molecule has 0 aromatic heterocycles. The van der Waals surface area contributed by atoms with E-state index in [0.717, 1.165) is 24.8 Å². The van der Waals surface area contributed by atoms with Crippen molar-refractivity contribution < 1.29 is 23.8 Å². The summed E-state index contributed by atoms with van der Waals surface area (Å²) in [5, 5.41) is 9.99. The number of ketones is 1. The Balaban J connectivity index is 1.88. The summed E-state index contributed by atoms with van der Waals surface area (Å²) in [4.78, 5) is 12.4. The second kappa shape index (κ2) is 7.39. The van der Waals surface area contributed by atoms with Gasteiger partial charge in [-0.1, -0.05) is 20.3 Å². The zero-order valence-electron chi connectivity index (χ0n) is 15.7. The van der Waals surface area contributed by atoms with Crippen LogP contribution in [0, 0.1) is 17.7 Å². The van der Waals surface area contributed by atoms with Crippen LogP contribution >= 0.6 is 0 Å². The molecule has 26 heavy (non-hydrogen) atoms. The van der Waals surface area contributed by atoms with Crippen molar-refractivity contribution in [3.8, 4) is 11.5 Å². The molecule has 1 unspecified atom stereocenters. The van der Waals surface area contributed by atoms with Crippen molar-refractivity contribution in [2.24, 2.45) is 11.8 Å². The highest BCUT2D eigenvalue weighted by molar-refractivity contribution is 5.94. The molecule has 1 saturated heterocycles. The second-order valence-electron chi connectivity index (χ2n) is 7.47. The van der Waals surface area contributed by atoms with Gasteiger partial charge in [0.25, 0.3) is 0 Å². The minimum Gasteiger partial charge on any atom is -0.504 e. The number of carbonyl (C=O) groups is 1. The molecule has 2 aliphatic rings. The van der Waals surface area contributed by atoms with Gasteiger partial charge in [-0.15, -0.1) is 0 Å². The van der Waals surface area contributed by atoms with Gasteiger partial charge in [0, 0.05) is 12.0 Å². The summed E-state index contributed by atoms with van der Waals surface area (Å²) in [5.74, 6) is -0.184. The van der Waals surface area contributed by atoms with Crippen LogP contribution in [0.15, 0.2) is 23.8 Å². The monoisotopic (exact) mass is 362 g/mol. The number of aromatic hydroxyl groups is 1. The number of phenols is 1. The molecule has 0 amide bonds. The normalized spacial score (nSPS) is 26.4. The predicted molar refractivity (Wildman–Crippen MR) is 96.9 cm³/mol. The van der Waals surface area contributed by atoms with E-state index in [-0.39, 0.29) is 29.1 Å². The number of allylic oxidation sites excluding steroid dienone is 1. The third-order valence-corrected chi connectivity index (χ3v) is 5.85. The molecular weight excluding hydrogens is 335 g/mol. The number of methoxy groups -OCH3 is 1. The summed E-state index contributed by atoms with van der Waals surface area (Å²) < 4.78 is 25.6. The Hall–Kier alpha value is -1.88. The van der Waals surface area contributed by atoms with E-state index in [0.29, 0.717) is 25.0 Å². The largest absolute Gasteiger partial charge is 0.504 e. The van der Waals surface area contributed by atoms with Gasteiger partial charge < -0.3 is 14.6 Å².